The van der Waals surface area contributed by atoms with Crippen LogP contribution >= 0.6 is 7.82 Å². The standard InChI is InChI=1S/C26H34N9O8P/c1-15-17(19-12-29-34(6)32-19)9-10-28-22(15)30-18-11-20(31-23(36)16-7-8-16)35(33-21(18)24(37)27-5)13-42-44(39,40)43-14-41-25(38)26(2,3)4/h9-12,16H,7-8,13-14H2,1-6H3,(H,27,37)(H,31,36)(H,39,40)/i5D3. The van der Waals surface area contributed by atoms with Crippen molar-refractivity contribution in [1.29, 1.82) is 0 Å². The van der Waals surface area contributed by atoms with E-state index < -0.39 is 57.2 Å². The monoisotopic (exact) mass is 634 g/mol. The molecule has 0 saturated heterocycles. The maximum atomic E-state index is 13.2. The molecule has 0 spiro atoms. The number of nitrogens with one attached hydrogen (secondary N) is 2. The molecule has 3 aromatic heterocycles. The zero-order valence-electron chi connectivity index (χ0n) is 27.6. The summed E-state index contributed by atoms with van der Waals surface area (Å²) in [6.07, 6.45) is 4.27. The number of carbonyl (C=O) groups is 3. The van der Waals surface area contributed by atoms with Crippen LogP contribution in [-0.4, -0.2) is 66.2 Å². The van der Waals surface area contributed by atoms with Gasteiger partial charge in [-0.1, -0.05) is 0 Å². The lowest BCUT2D eigenvalue weighted by Crippen LogP contribution is -2.32. The fourth-order valence-corrected chi connectivity index (χ4v) is 4.12. The van der Waals surface area contributed by atoms with Gasteiger partial charge in [-0.3, -0.25) is 18.9 Å². The van der Waals surface area contributed by atoms with Crippen LogP contribution in [0, 0.1) is 18.3 Å². The second kappa shape index (κ2) is 13.1. The summed E-state index contributed by atoms with van der Waals surface area (Å²) >= 11 is 0. The Kier molecular flexibility index (Phi) is 8.49. The highest BCUT2D eigenvalue weighted by molar-refractivity contribution is 7.47. The predicted octanol–water partition coefficient (Wildman–Crippen LogP) is 1.96. The van der Waals surface area contributed by atoms with Crippen molar-refractivity contribution in [3.63, 3.8) is 0 Å². The zero-order valence-corrected chi connectivity index (χ0v) is 25.5. The van der Waals surface area contributed by atoms with Crippen molar-refractivity contribution in [3.8, 4) is 11.3 Å². The topological polar surface area (TPSA) is 214 Å². The number of ether oxygens (including phenoxy) is 1. The minimum atomic E-state index is -4.89. The van der Waals surface area contributed by atoms with E-state index >= 15 is 0 Å². The minimum absolute atomic E-state index is 0.115. The molecule has 3 N–H and O–H groups in total. The van der Waals surface area contributed by atoms with Crippen LogP contribution in [0.2, 0.25) is 0 Å². The highest BCUT2D eigenvalue weighted by atomic mass is 31.2. The van der Waals surface area contributed by atoms with Crippen LogP contribution in [-0.2, 0) is 41.7 Å². The lowest BCUT2D eigenvalue weighted by atomic mass is 9.98. The first-order valence-corrected chi connectivity index (χ1v) is 14.7. The molecular formula is C26H34N9O8P. The summed E-state index contributed by atoms with van der Waals surface area (Å²) in [6, 6.07) is 2.91. The molecule has 3 heterocycles. The molecule has 1 unspecified atom stereocenters. The normalized spacial score (nSPS) is 16.3. The molecule has 1 fully saturated rings. The van der Waals surface area contributed by atoms with Gasteiger partial charge in [0.25, 0.3) is 5.91 Å². The summed E-state index contributed by atoms with van der Waals surface area (Å²) in [4.78, 5) is 58.2. The quantitative estimate of drug-likeness (QED) is 0.157. The first-order valence-electron chi connectivity index (χ1n) is 14.7. The number of aryl methyl sites for hydroxylation is 1. The third-order valence-electron chi connectivity index (χ3n) is 6.18. The molecule has 3 aromatic rings. The van der Waals surface area contributed by atoms with Gasteiger partial charge < -0.3 is 20.3 Å². The van der Waals surface area contributed by atoms with Crippen molar-refractivity contribution in [2.75, 3.05) is 19.1 Å². The molecule has 2 amide bonds. The van der Waals surface area contributed by atoms with E-state index in [1.807, 2.05) is 5.32 Å². The van der Waals surface area contributed by atoms with Gasteiger partial charge in [0.05, 0.1) is 11.6 Å². The Morgan fingerprint density at radius 3 is 2.64 bits per heavy atom. The van der Waals surface area contributed by atoms with Crippen LogP contribution in [0.1, 0.15) is 53.8 Å². The summed E-state index contributed by atoms with van der Waals surface area (Å²) < 4.78 is 50.5. The molecule has 1 aliphatic carbocycles. The van der Waals surface area contributed by atoms with Crippen LogP contribution < -0.4 is 16.0 Å². The molecule has 0 aliphatic heterocycles. The van der Waals surface area contributed by atoms with Gasteiger partial charge in [0, 0.05) is 47.4 Å². The summed E-state index contributed by atoms with van der Waals surface area (Å²) in [5.41, 5.74) is 0.229. The first kappa shape index (κ1) is 28.5. The molecular weight excluding hydrogens is 597 g/mol. The molecule has 1 aliphatic rings. The van der Waals surface area contributed by atoms with Crippen molar-refractivity contribution in [1.82, 2.24) is 35.1 Å². The number of amides is 2. The van der Waals surface area contributed by atoms with Gasteiger partial charge in [-0.25, -0.2) is 23.7 Å². The molecule has 1 saturated carbocycles. The Bertz CT molecular complexity index is 1800. The van der Waals surface area contributed by atoms with Crippen molar-refractivity contribution in [2.24, 2.45) is 23.4 Å². The van der Waals surface area contributed by atoms with Gasteiger partial charge >= 0.3 is 13.8 Å². The van der Waals surface area contributed by atoms with E-state index in [9.17, 15) is 23.8 Å². The van der Waals surface area contributed by atoms with E-state index in [0.29, 0.717) is 29.7 Å². The fraction of sp³-hybridized carbons (Fsp3) is 0.462. The largest absolute Gasteiger partial charge is 0.476 e. The van der Waals surface area contributed by atoms with Gasteiger partial charge in [0.15, 0.2) is 18.2 Å². The molecule has 0 radical (unpaired) electrons. The van der Waals surface area contributed by atoms with Crippen LogP contribution in [0.25, 0.3) is 11.3 Å². The van der Waals surface area contributed by atoms with Gasteiger partial charge in [-0.05, 0) is 46.6 Å². The highest BCUT2D eigenvalue weighted by Gasteiger charge is 2.31. The van der Waals surface area contributed by atoms with Gasteiger partial charge in [-0.15, -0.1) is 0 Å². The molecule has 0 aromatic carbocycles. The number of rotatable bonds is 11. The summed E-state index contributed by atoms with van der Waals surface area (Å²) in [5, 5.41) is 16.8. The summed E-state index contributed by atoms with van der Waals surface area (Å²) in [5.74, 6) is -2.58. The maximum absolute atomic E-state index is 13.2. The molecule has 1 atom stereocenters. The molecule has 44 heavy (non-hydrogen) atoms. The van der Waals surface area contributed by atoms with Crippen LogP contribution in [0.5, 0.6) is 0 Å². The Morgan fingerprint density at radius 1 is 1.25 bits per heavy atom. The average molecular weight is 635 g/mol. The second-order valence-electron chi connectivity index (χ2n) is 10.8. The third-order valence-corrected chi connectivity index (χ3v) is 7.06. The molecule has 4 rings (SSSR count). The number of pyridine rings is 1. The smallest absolute Gasteiger partial charge is 0.437 e. The number of hydrogen-bond donors (Lipinski definition) is 3. The van der Waals surface area contributed by atoms with E-state index in [2.05, 4.69) is 30.6 Å². The number of phosphoric ester groups is 1. The third kappa shape index (κ3) is 8.19. The Labute approximate surface area is 256 Å². The van der Waals surface area contributed by atoms with E-state index in [0.717, 1.165) is 4.68 Å². The van der Waals surface area contributed by atoms with Gasteiger partial charge in [-0.2, -0.15) is 20.1 Å². The lowest BCUT2D eigenvalue weighted by molar-refractivity contribution is -0.160. The number of aromatic nitrogens is 6. The maximum Gasteiger partial charge on any atom is 0.476 e. The average Bonchev–Trinajstić information content (AvgIpc) is 3.72. The van der Waals surface area contributed by atoms with Crippen LogP contribution in [0.3, 0.4) is 0 Å². The van der Waals surface area contributed by atoms with Crippen molar-refractivity contribution < 1.29 is 41.7 Å². The van der Waals surface area contributed by atoms with Crippen LogP contribution in [0.15, 0.2) is 29.5 Å². The zero-order chi connectivity index (χ0) is 34.7. The van der Waals surface area contributed by atoms with E-state index in [4.69, 9.17) is 17.9 Å². The second-order valence-corrected chi connectivity index (χ2v) is 12.2. The molecule has 17 nitrogen and oxygen atoms in total. The minimum Gasteiger partial charge on any atom is -0.437 e. The fourth-order valence-electron chi connectivity index (χ4n) is 3.60. The summed E-state index contributed by atoms with van der Waals surface area (Å²) in [7, 11) is -3.24. The number of anilines is 1. The lowest BCUT2D eigenvalue weighted by Gasteiger charge is -2.19. The number of phosphoric acid groups is 1. The Hall–Kier alpha value is -4.31. The summed E-state index contributed by atoms with van der Waals surface area (Å²) in [6.45, 7) is 1.72. The van der Waals surface area contributed by atoms with E-state index in [-0.39, 0.29) is 22.9 Å². The van der Waals surface area contributed by atoms with Crippen molar-refractivity contribution in [2.45, 2.75) is 47.3 Å². The highest BCUT2D eigenvalue weighted by Crippen LogP contribution is 2.43. The Balaban J connectivity index is 1.75. The molecule has 236 valence electrons. The van der Waals surface area contributed by atoms with Gasteiger partial charge in [0.1, 0.15) is 16.9 Å². The van der Waals surface area contributed by atoms with Gasteiger partial charge in [0.2, 0.25) is 12.7 Å². The number of carbonyl (C=O) groups excluding carboxylic acids is 3. The van der Waals surface area contributed by atoms with Crippen LogP contribution in [0.4, 0.5) is 11.6 Å². The van der Waals surface area contributed by atoms with E-state index in [1.54, 1.807) is 40.8 Å². The number of esters is 1. The molecule has 0 bridgehead atoms. The van der Waals surface area contributed by atoms with E-state index in [1.165, 1.54) is 23.3 Å². The van der Waals surface area contributed by atoms with Crippen molar-refractivity contribution in [3.05, 3.63) is 41.1 Å². The SMILES string of the molecule is [2H]C([2H])([2H])NC(=O)c1nn(COP(=O)(O)OCOC(=O)C(C)(C)C)c(NC(=O)C2CC2)cc1=Nc1nccc(-c2cnn(C)n2)c1C. The number of nitrogens with zero attached hydrogens (tertiary/aromatic N) is 7. The number of hydrogen-bond acceptors (Lipinski definition) is 12. The predicted molar refractivity (Wildman–Crippen MR) is 154 cm³/mol. The Morgan fingerprint density at radius 2 is 2.00 bits per heavy atom. The van der Waals surface area contributed by atoms with Crippen molar-refractivity contribution >= 4 is 37.2 Å². The first-order chi connectivity index (χ1) is 21.8. The molecule has 18 heteroatoms.